The average molecular weight is 459 g/mol. The lowest BCUT2D eigenvalue weighted by Gasteiger charge is -2.13. The lowest BCUT2D eigenvalue weighted by Crippen LogP contribution is -2.36. The van der Waals surface area contributed by atoms with Gasteiger partial charge >= 0.3 is 0 Å². The molecule has 0 atom stereocenters. The quantitative estimate of drug-likeness (QED) is 0.377. The van der Waals surface area contributed by atoms with E-state index in [-0.39, 0.29) is 24.0 Å². The Morgan fingerprint density at radius 3 is 2.64 bits per heavy atom. The summed E-state index contributed by atoms with van der Waals surface area (Å²) >= 11 is 0. The molecule has 0 fully saturated rings. The normalized spacial score (nSPS) is 11.0. The Morgan fingerprint density at radius 2 is 2.00 bits per heavy atom. The lowest BCUT2D eigenvalue weighted by molar-refractivity contribution is 0.380. The van der Waals surface area contributed by atoms with Crippen LogP contribution in [0.3, 0.4) is 0 Å². The number of guanidine groups is 1. The first-order valence-electron chi connectivity index (χ1n) is 8.12. The summed E-state index contributed by atoms with van der Waals surface area (Å²) in [6.45, 7) is 5.33. The van der Waals surface area contributed by atoms with E-state index in [0.717, 1.165) is 35.4 Å². The van der Waals surface area contributed by atoms with Crippen molar-refractivity contribution in [2.75, 3.05) is 14.2 Å². The van der Waals surface area contributed by atoms with Crippen molar-refractivity contribution in [3.8, 4) is 5.88 Å². The Bertz CT molecular complexity index is 666. The number of rotatable bonds is 7. The van der Waals surface area contributed by atoms with Crippen molar-refractivity contribution in [1.82, 2.24) is 20.8 Å². The van der Waals surface area contributed by atoms with Gasteiger partial charge in [-0.2, -0.15) is 0 Å². The highest BCUT2D eigenvalue weighted by molar-refractivity contribution is 14.0. The Kier molecular flexibility index (Phi) is 9.25. The average Bonchev–Trinajstić information content (AvgIpc) is 3.04. The molecule has 0 spiro atoms. The monoisotopic (exact) mass is 459 g/mol. The van der Waals surface area contributed by atoms with Gasteiger partial charge in [0.25, 0.3) is 0 Å². The fourth-order valence-electron chi connectivity index (χ4n) is 2.45. The molecular weight excluding hydrogens is 433 g/mol. The summed E-state index contributed by atoms with van der Waals surface area (Å²) in [7, 11) is 3.36. The van der Waals surface area contributed by atoms with Crippen LogP contribution in [-0.4, -0.2) is 30.3 Å². The van der Waals surface area contributed by atoms with Crippen molar-refractivity contribution in [3.05, 3.63) is 40.9 Å². The van der Waals surface area contributed by atoms with Gasteiger partial charge in [-0.3, -0.25) is 4.99 Å². The predicted molar refractivity (Wildman–Crippen MR) is 109 cm³/mol. The molecule has 0 aliphatic rings. The Morgan fingerprint density at radius 1 is 1.24 bits per heavy atom. The first-order valence-corrected chi connectivity index (χ1v) is 8.12. The minimum atomic E-state index is 0. The Labute approximate surface area is 165 Å². The molecular formula is C17H26IN5O2. The molecule has 138 valence electrons. The molecule has 2 heterocycles. The molecule has 2 aromatic heterocycles. The first-order chi connectivity index (χ1) is 11.7. The number of hydrogen-bond donors (Lipinski definition) is 2. The molecule has 25 heavy (non-hydrogen) atoms. The van der Waals surface area contributed by atoms with E-state index in [1.165, 1.54) is 0 Å². The molecule has 2 aromatic rings. The van der Waals surface area contributed by atoms with Crippen LogP contribution in [0.2, 0.25) is 0 Å². The zero-order valence-corrected chi connectivity index (χ0v) is 17.5. The second-order valence-electron chi connectivity index (χ2n) is 5.19. The van der Waals surface area contributed by atoms with Gasteiger partial charge in [0, 0.05) is 43.9 Å². The fourth-order valence-corrected chi connectivity index (χ4v) is 2.45. The number of halogens is 1. The SMILES string of the molecule is CCc1noc(CC)c1CNC(=NC)NCc1cccnc1OC.I. The number of pyridine rings is 1. The standard InChI is InChI=1S/C17H25N5O2.HI/c1-5-14-13(15(6-2)24-22-14)11-21-17(18-3)20-10-12-8-7-9-19-16(12)23-4;/h7-9H,5-6,10-11H2,1-4H3,(H2,18,20,21);1H. The largest absolute Gasteiger partial charge is 0.481 e. The van der Waals surface area contributed by atoms with Crippen LogP contribution in [0.25, 0.3) is 0 Å². The molecule has 0 bridgehead atoms. The number of nitrogens with zero attached hydrogens (tertiary/aromatic N) is 3. The van der Waals surface area contributed by atoms with Gasteiger partial charge in [-0.25, -0.2) is 4.98 Å². The maximum absolute atomic E-state index is 5.39. The van der Waals surface area contributed by atoms with Crippen molar-refractivity contribution >= 4 is 29.9 Å². The minimum absolute atomic E-state index is 0. The van der Waals surface area contributed by atoms with Gasteiger partial charge < -0.3 is 19.9 Å². The number of ether oxygens (including phenoxy) is 1. The van der Waals surface area contributed by atoms with Crippen molar-refractivity contribution < 1.29 is 9.26 Å². The molecule has 0 saturated carbocycles. The molecule has 0 aliphatic heterocycles. The summed E-state index contributed by atoms with van der Waals surface area (Å²) < 4.78 is 10.6. The Balaban J connectivity index is 0.00000312. The van der Waals surface area contributed by atoms with Crippen LogP contribution in [0.4, 0.5) is 0 Å². The van der Waals surface area contributed by atoms with Gasteiger partial charge in [0.15, 0.2) is 5.96 Å². The van der Waals surface area contributed by atoms with Crippen LogP contribution >= 0.6 is 24.0 Å². The van der Waals surface area contributed by atoms with E-state index in [9.17, 15) is 0 Å². The van der Waals surface area contributed by atoms with E-state index in [0.29, 0.717) is 24.9 Å². The first kappa shape index (κ1) is 21.2. The van der Waals surface area contributed by atoms with E-state index < -0.39 is 0 Å². The number of aromatic nitrogens is 2. The predicted octanol–water partition coefficient (Wildman–Crippen LogP) is 2.69. The molecule has 0 aromatic carbocycles. The third-order valence-electron chi connectivity index (χ3n) is 3.75. The second kappa shape index (κ2) is 10.9. The molecule has 7 nitrogen and oxygen atoms in total. The highest BCUT2D eigenvalue weighted by atomic mass is 127. The Hall–Kier alpha value is -1.84. The number of hydrogen-bond acceptors (Lipinski definition) is 5. The molecule has 8 heteroatoms. The molecule has 0 amide bonds. The number of nitrogens with one attached hydrogen (secondary N) is 2. The third kappa shape index (κ3) is 5.58. The van der Waals surface area contributed by atoms with Crippen molar-refractivity contribution in [1.29, 1.82) is 0 Å². The van der Waals surface area contributed by atoms with Crippen LogP contribution < -0.4 is 15.4 Å². The summed E-state index contributed by atoms with van der Waals surface area (Å²) in [6.07, 6.45) is 3.38. The van der Waals surface area contributed by atoms with Crippen LogP contribution in [-0.2, 0) is 25.9 Å². The summed E-state index contributed by atoms with van der Waals surface area (Å²) in [5.74, 6) is 2.23. The number of methoxy groups -OCH3 is 1. The summed E-state index contributed by atoms with van der Waals surface area (Å²) in [4.78, 5) is 8.44. The van der Waals surface area contributed by atoms with Crippen LogP contribution in [0.15, 0.2) is 27.8 Å². The topological polar surface area (TPSA) is 84.6 Å². The van der Waals surface area contributed by atoms with E-state index in [2.05, 4.69) is 39.6 Å². The van der Waals surface area contributed by atoms with Gasteiger partial charge in [-0.15, -0.1) is 24.0 Å². The summed E-state index contributed by atoms with van der Waals surface area (Å²) in [6, 6.07) is 3.85. The fraction of sp³-hybridized carbons (Fsp3) is 0.471. The third-order valence-corrected chi connectivity index (χ3v) is 3.75. The van der Waals surface area contributed by atoms with Gasteiger partial charge in [-0.05, 0) is 12.5 Å². The zero-order chi connectivity index (χ0) is 17.4. The smallest absolute Gasteiger partial charge is 0.218 e. The van der Waals surface area contributed by atoms with Crippen LogP contribution in [0.1, 0.15) is 36.4 Å². The van der Waals surface area contributed by atoms with Gasteiger partial charge in [0.1, 0.15) is 5.76 Å². The maximum atomic E-state index is 5.39. The molecule has 0 radical (unpaired) electrons. The minimum Gasteiger partial charge on any atom is -0.481 e. The number of aryl methyl sites for hydroxylation is 2. The molecule has 0 saturated heterocycles. The molecule has 2 rings (SSSR count). The van der Waals surface area contributed by atoms with Crippen molar-refractivity contribution in [2.45, 2.75) is 39.8 Å². The van der Waals surface area contributed by atoms with Crippen LogP contribution in [0.5, 0.6) is 5.88 Å². The van der Waals surface area contributed by atoms with E-state index >= 15 is 0 Å². The number of aliphatic imine (C=N–C) groups is 1. The van der Waals surface area contributed by atoms with E-state index in [4.69, 9.17) is 9.26 Å². The van der Waals surface area contributed by atoms with Crippen molar-refractivity contribution in [2.24, 2.45) is 4.99 Å². The van der Waals surface area contributed by atoms with Gasteiger partial charge in [0.05, 0.1) is 12.8 Å². The summed E-state index contributed by atoms with van der Waals surface area (Å²) in [5, 5.41) is 10.7. The van der Waals surface area contributed by atoms with Gasteiger partial charge in [-0.1, -0.05) is 25.1 Å². The van der Waals surface area contributed by atoms with E-state index in [1.807, 2.05) is 12.1 Å². The highest BCUT2D eigenvalue weighted by Gasteiger charge is 2.13. The molecule has 0 aliphatic carbocycles. The zero-order valence-electron chi connectivity index (χ0n) is 15.1. The van der Waals surface area contributed by atoms with E-state index in [1.54, 1.807) is 20.4 Å². The van der Waals surface area contributed by atoms with Crippen LogP contribution in [0, 0.1) is 0 Å². The lowest BCUT2D eigenvalue weighted by atomic mass is 10.1. The second-order valence-corrected chi connectivity index (χ2v) is 5.19. The summed E-state index contributed by atoms with van der Waals surface area (Å²) in [5.41, 5.74) is 3.07. The van der Waals surface area contributed by atoms with Crippen molar-refractivity contribution in [3.63, 3.8) is 0 Å². The van der Waals surface area contributed by atoms with Gasteiger partial charge in [0.2, 0.25) is 5.88 Å². The molecule has 0 unspecified atom stereocenters. The highest BCUT2D eigenvalue weighted by Crippen LogP contribution is 2.15. The maximum Gasteiger partial charge on any atom is 0.218 e. The molecule has 2 N–H and O–H groups in total.